The van der Waals surface area contributed by atoms with E-state index in [4.69, 9.17) is 4.74 Å². The molecule has 2 aromatic rings. The van der Waals surface area contributed by atoms with E-state index in [1.807, 2.05) is 17.0 Å². The average molecular weight is 328 g/mol. The van der Waals surface area contributed by atoms with Gasteiger partial charge in [-0.25, -0.2) is 4.98 Å². The summed E-state index contributed by atoms with van der Waals surface area (Å²) in [4.78, 5) is 36.5. The number of H-pyrrole nitrogens is 1. The lowest BCUT2D eigenvalue weighted by Gasteiger charge is -2.23. The molecule has 1 aliphatic rings. The lowest BCUT2D eigenvalue weighted by atomic mass is 10.0. The number of hydrogen-bond donors (Lipinski definition) is 1. The molecule has 126 valence electrons. The monoisotopic (exact) mass is 328 g/mol. The van der Waals surface area contributed by atoms with Crippen LogP contribution in [0, 0.1) is 5.92 Å². The first-order valence-corrected chi connectivity index (χ1v) is 7.99. The molecule has 3 heterocycles. The van der Waals surface area contributed by atoms with Gasteiger partial charge in [-0.1, -0.05) is 6.07 Å². The summed E-state index contributed by atoms with van der Waals surface area (Å²) in [5.41, 5.74) is 1.45. The maximum absolute atomic E-state index is 12.5. The van der Waals surface area contributed by atoms with Crippen molar-refractivity contribution < 1.29 is 9.53 Å². The number of rotatable bonds is 4. The summed E-state index contributed by atoms with van der Waals surface area (Å²) in [7, 11) is 0. The Labute approximate surface area is 139 Å². The lowest BCUT2D eigenvalue weighted by molar-refractivity contribution is -0.130. The van der Waals surface area contributed by atoms with Gasteiger partial charge < -0.3 is 14.6 Å². The number of carbonyl (C=O) groups is 1. The van der Waals surface area contributed by atoms with Crippen LogP contribution in [-0.2, 0) is 22.4 Å². The molecule has 0 radical (unpaired) electrons. The van der Waals surface area contributed by atoms with Gasteiger partial charge in [0.15, 0.2) is 0 Å². The van der Waals surface area contributed by atoms with Crippen molar-refractivity contribution in [1.82, 2.24) is 19.9 Å². The van der Waals surface area contributed by atoms with E-state index in [2.05, 4.69) is 15.0 Å². The molecule has 24 heavy (non-hydrogen) atoms. The van der Waals surface area contributed by atoms with Crippen molar-refractivity contribution in [1.29, 1.82) is 0 Å². The van der Waals surface area contributed by atoms with Gasteiger partial charge in [0.05, 0.1) is 26.0 Å². The Bertz CT molecular complexity index is 732. The van der Waals surface area contributed by atoms with Gasteiger partial charge >= 0.3 is 0 Å². The van der Waals surface area contributed by atoms with Crippen molar-refractivity contribution >= 4 is 5.91 Å². The number of nitrogens with one attached hydrogen (secondary N) is 1. The highest BCUT2D eigenvalue weighted by atomic mass is 16.5. The van der Waals surface area contributed by atoms with Crippen LogP contribution in [0.1, 0.15) is 11.3 Å². The van der Waals surface area contributed by atoms with Crippen LogP contribution in [0.2, 0.25) is 0 Å². The van der Waals surface area contributed by atoms with Crippen molar-refractivity contribution in [2.45, 2.75) is 12.8 Å². The highest BCUT2D eigenvalue weighted by Crippen LogP contribution is 2.13. The molecule has 2 aromatic heterocycles. The molecular formula is C17H20N4O3. The first-order valence-electron chi connectivity index (χ1n) is 7.99. The smallest absolute Gasteiger partial charge is 0.250 e. The van der Waals surface area contributed by atoms with E-state index in [0.717, 1.165) is 5.56 Å². The fourth-order valence-electron chi connectivity index (χ4n) is 2.84. The summed E-state index contributed by atoms with van der Waals surface area (Å²) in [6.45, 7) is 2.27. The number of aromatic amines is 1. The molecule has 0 unspecified atom stereocenters. The zero-order valence-corrected chi connectivity index (χ0v) is 13.4. The Morgan fingerprint density at radius 3 is 3.17 bits per heavy atom. The highest BCUT2D eigenvalue weighted by molar-refractivity contribution is 5.78. The van der Waals surface area contributed by atoms with Crippen LogP contribution in [-0.4, -0.2) is 52.1 Å². The van der Waals surface area contributed by atoms with E-state index < -0.39 is 0 Å². The lowest BCUT2D eigenvalue weighted by Crippen LogP contribution is -2.37. The standard InChI is InChI=1S/C17H20N4O3/c22-16-8-15(19-12-20-16)6-14-10-21(4-5-24-11-14)17(23)7-13-2-1-3-18-9-13/h1-3,8-9,12,14H,4-7,10-11H2,(H,19,20,22)/t14-/m0/s1. The Morgan fingerprint density at radius 2 is 2.38 bits per heavy atom. The number of amides is 1. The zero-order chi connectivity index (χ0) is 16.8. The first kappa shape index (κ1) is 16.3. The predicted molar refractivity (Wildman–Crippen MR) is 87.4 cm³/mol. The fourth-order valence-corrected chi connectivity index (χ4v) is 2.84. The quantitative estimate of drug-likeness (QED) is 0.879. The molecular weight excluding hydrogens is 308 g/mol. The number of nitrogens with zero attached hydrogens (tertiary/aromatic N) is 3. The fraction of sp³-hybridized carbons (Fsp3) is 0.412. The minimum Gasteiger partial charge on any atom is -0.379 e. The molecule has 3 rings (SSSR count). The van der Waals surface area contributed by atoms with E-state index in [-0.39, 0.29) is 17.4 Å². The molecule has 1 saturated heterocycles. The van der Waals surface area contributed by atoms with Crippen LogP contribution in [0.15, 0.2) is 41.7 Å². The van der Waals surface area contributed by atoms with E-state index in [1.165, 1.54) is 12.4 Å². The molecule has 7 heteroatoms. The van der Waals surface area contributed by atoms with Gasteiger partial charge in [0.2, 0.25) is 5.91 Å². The SMILES string of the molecule is O=C(Cc1cccnc1)N1CCOC[C@@H](Cc2cc(=O)[nH]cn2)C1. The second-order valence-corrected chi connectivity index (χ2v) is 5.93. The number of hydrogen-bond acceptors (Lipinski definition) is 5. The molecule has 1 atom stereocenters. The summed E-state index contributed by atoms with van der Waals surface area (Å²) < 4.78 is 5.62. The Morgan fingerprint density at radius 1 is 1.46 bits per heavy atom. The minimum atomic E-state index is -0.168. The molecule has 1 N–H and O–H groups in total. The van der Waals surface area contributed by atoms with Crippen molar-refractivity contribution in [3.8, 4) is 0 Å². The highest BCUT2D eigenvalue weighted by Gasteiger charge is 2.23. The Kier molecular flexibility index (Phi) is 5.32. The summed E-state index contributed by atoms with van der Waals surface area (Å²) in [6, 6.07) is 5.22. The van der Waals surface area contributed by atoms with Crippen molar-refractivity contribution in [2.24, 2.45) is 5.92 Å². The van der Waals surface area contributed by atoms with Gasteiger partial charge in [-0.3, -0.25) is 14.6 Å². The number of aromatic nitrogens is 3. The predicted octanol–water partition coefficient (Wildman–Crippen LogP) is 0.425. The van der Waals surface area contributed by atoms with Gasteiger partial charge in [0, 0.05) is 43.2 Å². The maximum Gasteiger partial charge on any atom is 0.250 e. The topological polar surface area (TPSA) is 88.2 Å². The Balaban J connectivity index is 1.63. The van der Waals surface area contributed by atoms with Gasteiger partial charge in [-0.15, -0.1) is 0 Å². The summed E-state index contributed by atoms with van der Waals surface area (Å²) in [5.74, 6) is 0.192. The largest absolute Gasteiger partial charge is 0.379 e. The third kappa shape index (κ3) is 4.48. The molecule has 1 fully saturated rings. The van der Waals surface area contributed by atoms with E-state index in [0.29, 0.717) is 44.8 Å². The van der Waals surface area contributed by atoms with Gasteiger partial charge in [0.1, 0.15) is 0 Å². The summed E-state index contributed by atoms with van der Waals surface area (Å²) >= 11 is 0. The Hall–Kier alpha value is -2.54. The molecule has 0 aliphatic carbocycles. The van der Waals surface area contributed by atoms with Crippen molar-refractivity contribution in [3.05, 3.63) is 58.5 Å². The van der Waals surface area contributed by atoms with E-state index >= 15 is 0 Å². The molecule has 0 bridgehead atoms. The maximum atomic E-state index is 12.5. The number of ether oxygens (including phenoxy) is 1. The third-order valence-corrected chi connectivity index (χ3v) is 4.00. The van der Waals surface area contributed by atoms with Crippen LogP contribution in [0.25, 0.3) is 0 Å². The molecule has 0 saturated carbocycles. The van der Waals surface area contributed by atoms with Crippen molar-refractivity contribution in [2.75, 3.05) is 26.3 Å². The van der Waals surface area contributed by atoms with Crippen LogP contribution < -0.4 is 5.56 Å². The molecule has 1 aliphatic heterocycles. The van der Waals surface area contributed by atoms with Gasteiger partial charge in [0.25, 0.3) is 5.56 Å². The van der Waals surface area contributed by atoms with Gasteiger partial charge in [-0.05, 0) is 18.1 Å². The third-order valence-electron chi connectivity index (χ3n) is 4.00. The molecule has 0 aromatic carbocycles. The normalized spacial score (nSPS) is 18.2. The van der Waals surface area contributed by atoms with Crippen LogP contribution in [0.5, 0.6) is 0 Å². The van der Waals surface area contributed by atoms with Crippen molar-refractivity contribution in [3.63, 3.8) is 0 Å². The average Bonchev–Trinajstić information content (AvgIpc) is 2.81. The molecule has 1 amide bonds. The second-order valence-electron chi connectivity index (χ2n) is 5.93. The summed E-state index contributed by atoms with van der Waals surface area (Å²) in [6.07, 6.45) is 5.76. The number of carbonyl (C=O) groups excluding carboxylic acids is 1. The molecule has 0 spiro atoms. The zero-order valence-electron chi connectivity index (χ0n) is 13.4. The van der Waals surface area contributed by atoms with E-state index in [1.54, 1.807) is 12.4 Å². The van der Waals surface area contributed by atoms with Gasteiger partial charge in [-0.2, -0.15) is 0 Å². The van der Waals surface area contributed by atoms with Crippen LogP contribution in [0.4, 0.5) is 0 Å². The first-order chi connectivity index (χ1) is 11.7. The second kappa shape index (κ2) is 7.83. The van der Waals surface area contributed by atoms with Crippen LogP contribution in [0.3, 0.4) is 0 Å². The molecule has 7 nitrogen and oxygen atoms in total. The minimum absolute atomic E-state index is 0.0670. The van der Waals surface area contributed by atoms with Crippen LogP contribution >= 0.6 is 0 Å². The summed E-state index contributed by atoms with van der Waals surface area (Å²) in [5, 5.41) is 0. The van der Waals surface area contributed by atoms with E-state index in [9.17, 15) is 9.59 Å². The number of pyridine rings is 1.